The molecular weight excluding hydrogens is 194 g/mol. The smallest absolute Gasteiger partial charge is 0.303 e. The first kappa shape index (κ1) is 12.5. The fraction of sp³-hybridized carbons (Fsp3) is 0.909. The van der Waals surface area contributed by atoms with Crippen molar-refractivity contribution in [3.63, 3.8) is 0 Å². The summed E-state index contributed by atoms with van der Waals surface area (Å²) in [4.78, 5) is 10.3. The van der Waals surface area contributed by atoms with Crippen LogP contribution in [0.25, 0.3) is 0 Å². The second-order valence-corrected chi connectivity index (χ2v) is 4.43. The maximum Gasteiger partial charge on any atom is 0.303 e. The minimum Gasteiger partial charge on any atom is -0.481 e. The van der Waals surface area contributed by atoms with Crippen molar-refractivity contribution in [3.05, 3.63) is 0 Å². The molecule has 4 nitrogen and oxygen atoms in total. The van der Waals surface area contributed by atoms with E-state index in [9.17, 15) is 9.90 Å². The lowest BCUT2D eigenvalue weighted by atomic mass is 9.89. The SMILES string of the molecule is O=C(O)CCCCC1(O)CCCNCC1. The summed E-state index contributed by atoms with van der Waals surface area (Å²) >= 11 is 0. The Kier molecular flexibility index (Phi) is 5.05. The van der Waals surface area contributed by atoms with Gasteiger partial charge in [-0.15, -0.1) is 0 Å². The monoisotopic (exact) mass is 215 g/mol. The van der Waals surface area contributed by atoms with Crippen molar-refractivity contribution in [1.82, 2.24) is 5.32 Å². The van der Waals surface area contributed by atoms with Crippen LogP contribution in [0.3, 0.4) is 0 Å². The number of carboxylic acids is 1. The first-order valence-electron chi connectivity index (χ1n) is 5.77. The third kappa shape index (κ3) is 5.14. The summed E-state index contributed by atoms with van der Waals surface area (Å²) in [6.07, 6.45) is 5.08. The van der Waals surface area contributed by atoms with Crippen molar-refractivity contribution < 1.29 is 15.0 Å². The Hall–Kier alpha value is -0.610. The van der Waals surface area contributed by atoms with Crippen LogP contribution in [0.4, 0.5) is 0 Å². The lowest BCUT2D eigenvalue weighted by Crippen LogP contribution is -2.29. The van der Waals surface area contributed by atoms with Gasteiger partial charge in [-0.3, -0.25) is 4.79 Å². The largest absolute Gasteiger partial charge is 0.481 e. The van der Waals surface area contributed by atoms with Gasteiger partial charge in [-0.2, -0.15) is 0 Å². The second kappa shape index (κ2) is 6.08. The van der Waals surface area contributed by atoms with Crippen molar-refractivity contribution in [2.75, 3.05) is 13.1 Å². The van der Waals surface area contributed by atoms with Crippen LogP contribution in [-0.2, 0) is 4.79 Å². The number of aliphatic hydroxyl groups is 1. The highest BCUT2D eigenvalue weighted by Crippen LogP contribution is 2.25. The van der Waals surface area contributed by atoms with Gasteiger partial charge in [0.25, 0.3) is 0 Å². The van der Waals surface area contributed by atoms with E-state index in [1.165, 1.54) is 0 Å². The quantitative estimate of drug-likeness (QED) is 0.601. The zero-order chi connectivity index (χ0) is 11.1. The first-order valence-corrected chi connectivity index (χ1v) is 5.77. The van der Waals surface area contributed by atoms with Crippen LogP contribution in [-0.4, -0.2) is 34.9 Å². The summed E-state index contributed by atoms with van der Waals surface area (Å²) in [6, 6.07) is 0. The summed E-state index contributed by atoms with van der Waals surface area (Å²) in [5, 5.41) is 22.0. The molecule has 0 bridgehead atoms. The van der Waals surface area contributed by atoms with E-state index in [1.807, 2.05) is 0 Å². The molecule has 4 heteroatoms. The molecule has 1 heterocycles. The highest BCUT2D eigenvalue weighted by Gasteiger charge is 2.26. The van der Waals surface area contributed by atoms with Gasteiger partial charge in [0.15, 0.2) is 0 Å². The molecule has 0 aromatic carbocycles. The Balaban J connectivity index is 2.19. The topological polar surface area (TPSA) is 69.6 Å². The first-order chi connectivity index (χ1) is 7.12. The number of carboxylic acid groups (broad SMARTS) is 1. The summed E-state index contributed by atoms with van der Waals surface area (Å²) in [5.74, 6) is -0.746. The van der Waals surface area contributed by atoms with Crippen LogP contribution < -0.4 is 5.32 Å². The van der Waals surface area contributed by atoms with Crippen LogP contribution in [0.15, 0.2) is 0 Å². The Morgan fingerprint density at radius 1 is 1.27 bits per heavy atom. The van der Waals surface area contributed by atoms with Crippen molar-refractivity contribution in [2.24, 2.45) is 0 Å². The fourth-order valence-corrected chi connectivity index (χ4v) is 2.09. The number of rotatable bonds is 5. The molecule has 15 heavy (non-hydrogen) atoms. The fourth-order valence-electron chi connectivity index (χ4n) is 2.09. The minimum atomic E-state index is -0.746. The van der Waals surface area contributed by atoms with E-state index >= 15 is 0 Å². The van der Waals surface area contributed by atoms with Gasteiger partial charge in [0.2, 0.25) is 0 Å². The Labute approximate surface area is 90.7 Å². The number of unbranched alkanes of at least 4 members (excludes halogenated alkanes) is 1. The maximum atomic E-state index is 10.3. The number of carbonyl (C=O) groups is 1. The van der Waals surface area contributed by atoms with Crippen molar-refractivity contribution in [3.8, 4) is 0 Å². The third-order valence-corrected chi connectivity index (χ3v) is 3.05. The van der Waals surface area contributed by atoms with E-state index in [0.29, 0.717) is 6.42 Å². The van der Waals surface area contributed by atoms with Gasteiger partial charge in [-0.1, -0.05) is 6.42 Å². The van der Waals surface area contributed by atoms with Gasteiger partial charge in [0.05, 0.1) is 5.60 Å². The highest BCUT2D eigenvalue weighted by molar-refractivity contribution is 5.66. The van der Waals surface area contributed by atoms with Crippen LogP contribution in [0.5, 0.6) is 0 Å². The average molecular weight is 215 g/mol. The lowest BCUT2D eigenvalue weighted by Gasteiger charge is -2.26. The van der Waals surface area contributed by atoms with Gasteiger partial charge < -0.3 is 15.5 Å². The van der Waals surface area contributed by atoms with Gasteiger partial charge in [0, 0.05) is 6.42 Å². The molecule has 1 aliphatic rings. The molecule has 0 amide bonds. The number of hydrogen-bond acceptors (Lipinski definition) is 3. The standard InChI is InChI=1S/C11H21NO3/c13-10(14)4-1-2-5-11(15)6-3-8-12-9-7-11/h12,15H,1-9H2,(H,13,14). The molecule has 1 aliphatic heterocycles. The molecule has 0 aromatic rings. The van der Waals surface area contributed by atoms with Crippen molar-refractivity contribution in [2.45, 2.75) is 50.5 Å². The molecule has 0 radical (unpaired) electrons. The normalized spacial score (nSPS) is 27.3. The van der Waals surface area contributed by atoms with E-state index in [1.54, 1.807) is 0 Å². The van der Waals surface area contributed by atoms with Crippen molar-refractivity contribution in [1.29, 1.82) is 0 Å². The molecule has 0 aliphatic carbocycles. The summed E-state index contributed by atoms with van der Waals surface area (Å²) in [7, 11) is 0. The summed E-state index contributed by atoms with van der Waals surface area (Å²) in [5.41, 5.74) is -0.554. The summed E-state index contributed by atoms with van der Waals surface area (Å²) < 4.78 is 0. The molecule has 0 spiro atoms. The molecule has 88 valence electrons. The zero-order valence-electron chi connectivity index (χ0n) is 9.17. The Bertz CT molecular complexity index is 198. The molecule has 1 atom stereocenters. The average Bonchev–Trinajstić information content (AvgIpc) is 2.38. The Morgan fingerprint density at radius 2 is 2.07 bits per heavy atom. The highest BCUT2D eigenvalue weighted by atomic mass is 16.4. The van der Waals surface area contributed by atoms with Crippen LogP contribution in [0, 0.1) is 0 Å². The maximum absolute atomic E-state index is 10.3. The van der Waals surface area contributed by atoms with Gasteiger partial charge >= 0.3 is 5.97 Å². The van der Waals surface area contributed by atoms with Crippen molar-refractivity contribution >= 4 is 5.97 Å². The predicted molar refractivity (Wildman–Crippen MR) is 57.8 cm³/mol. The van der Waals surface area contributed by atoms with E-state index in [2.05, 4.69) is 5.32 Å². The van der Waals surface area contributed by atoms with Crippen LogP contribution in [0.2, 0.25) is 0 Å². The second-order valence-electron chi connectivity index (χ2n) is 4.43. The van der Waals surface area contributed by atoms with Gasteiger partial charge in [-0.25, -0.2) is 0 Å². The number of hydrogen-bond donors (Lipinski definition) is 3. The van der Waals surface area contributed by atoms with Gasteiger partial charge in [-0.05, 0) is 45.2 Å². The lowest BCUT2D eigenvalue weighted by molar-refractivity contribution is -0.137. The van der Waals surface area contributed by atoms with E-state index in [0.717, 1.165) is 45.2 Å². The predicted octanol–water partition coefficient (Wildman–Crippen LogP) is 1.14. The molecular formula is C11H21NO3. The zero-order valence-corrected chi connectivity index (χ0v) is 9.17. The van der Waals surface area contributed by atoms with E-state index < -0.39 is 11.6 Å². The molecule has 0 aromatic heterocycles. The number of nitrogens with one attached hydrogen (secondary N) is 1. The molecule has 1 rings (SSSR count). The van der Waals surface area contributed by atoms with Gasteiger partial charge in [0.1, 0.15) is 0 Å². The van der Waals surface area contributed by atoms with Crippen LogP contribution in [0.1, 0.15) is 44.9 Å². The summed E-state index contributed by atoms with van der Waals surface area (Å²) in [6.45, 7) is 1.85. The van der Waals surface area contributed by atoms with E-state index in [-0.39, 0.29) is 6.42 Å². The van der Waals surface area contributed by atoms with E-state index in [4.69, 9.17) is 5.11 Å². The molecule has 1 saturated heterocycles. The molecule has 1 unspecified atom stereocenters. The molecule has 1 fully saturated rings. The Morgan fingerprint density at radius 3 is 2.80 bits per heavy atom. The minimum absolute atomic E-state index is 0.217. The van der Waals surface area contributed by atoms with Crippen LogP contribution >= 0.6 is 0 Å². The molecule has 0 saturated carbocycles. The third-order valence-electron chi connectivity index (χ3n) is 3.05. The molecule has 3 N–H and O–H groups in total. The number of aliphatic carboxylic acids is 1.